The van der Waals surface area contributed by atoms with E-state index in [4.69, 9.17) is 19.3 Å². The third-order valence-corrected chi connectivity index (χ3v) is 6.05. The van der Waals surface area contributed by atoms with Gasteiger partial charge in [-0.25, -0.2) is 4.79 Å². The number of methoxy groups -OCH3 is 1. The molecule has 2 fully saturated rings. The van der Waals surface area contributed by atoms with Gasteiger partial charge in [-0.05, 0) is 35.5 Å². The Morgan fingerprint density at radius 2 is 1.97 bits per heavy atom. The van der Waals surface area contributed by atoms with Crippen molar-refractivity contribution in [2.75, 3.05) is 46.6 Å². The van der Waals surface area contributed by atoms with Gasteiger partial charge in [0.15, 0.2) is 18.1 Å². The van der Waals surface area contributed by atoms with Crippen LogP contribution in [0.1, 0.15) is 5.56 Å². The molecule has 2 aliphatic rings. The first-order valence-corrected chi connectivity index (χ1v) is 10.7. The summed E-state index contributed by atoms with van der Waals surface area (Å²) in [6, 6.07) is 3.06. The summed E-state index contributed by atoms with van der Waals surface area (Å²) in [5, 5.41) is 8.25. The molecule has 3 rings (SSSR count). The molecule has 0 saturated carbocycles. The van der Waals surface area contributed by atoms with Gasteiger partial charge in [0.05, 0.1) is 25.2 Å². The number of carbonyl (C=O) groups excluding carboxylic acids is 3. The smallest absolute Gasteiger partial charge is 0.341 e. The number of aliphatic carboxylic acids is 1. The van der Waals surface area contributed by atoms with Gasteiger partial charge >= 0.3 is 5.97 Å². The number of nitrogens with zero attached hydrogens (tertiary/aromatic N) is 2. The van der Waals surface area contributed by atoms with E-state index in [1.165, 1.54) is 19.3 Å². The number of morpholine rings is 1. The Morgan fingerprint density at radius 1 is 1.26 bits per heavy atom. The lowest BCUT2D eigenvalue weighted by molar-refractivity contribution is -0.139. The lowest BCUT2D eigenvalue weighted by Gasteiger charge is -2.28. The van der Waals surface area contributed by atoms with E-state index < -0.39 is 23.7 Å². The van der Waals surface area contributed by atoms with E-state index in [1.807, 2.05) is 0 Å². The van der Waals surface area contributed by atoms with Crippen LogP contribution in [0.2, 0.25) is 0 Å². The highest BCUT2D eigenvalue weighted by Crippen LogP contribution is 2.38. The van der Waals surface area contributed by atoms with Crippen LogP contribution in [-0.4, -0.2) is 84.5 Å². The summed E-state index contributed by atoms with van der Waals surface area (Å²) < 4.78 is 16.1. The minimum absolute atomic E-state index is 0.154. The number of imide groups is 1. The maximum Gasteiger partial charge on any atom is 0.341 e. The highest BCUT2D eigenvalue weighted by Gasteiger charge is 2.37. The molecule has 12 heteroatoms. The van der Waals surface area contributed by atoms with Gasteiger partial charge in [0.2, 0.25) is 5.91 Å². The first kappa shape index (κ1) is 23.1. The number of carboxylic acids is 1. The van der Waals surface area contributed by atoms with Crippen LogP contribution in [0.25, 0.3) is 6.08 Å². The first-order chi connectivity index (χ1) is 14.8. The summed E-state index contributed by atoms with van der Waals surface area (Å²) in [4.78, 5) is 50.8. The number of rotatable bonds is 7. The Kier molecular flexibility index (Phi) is 7.57. The second-order valence-electron chi connectivity index (χ2n) is 6.47. The van der Waals surface area contributed by atoms with E-state index in [2.05, 4.69) is 15.9 Å². The molecule has 0 aliphatic carbocycles. The van der Waals surface area contributed by atoms with Crippen LogP contribution in [-0.2, 0) is 19.1 Å². The average molecular weight is 515 g/mol. The molecule has 0 unspecified atom stereocenters. The molecule has 1 aromatic carbocycles. The molecule has 2 saturated heterocycles. The molecule has 31 heavy (non-hydrogen) atoms. The maximum absolute atomic E-state index is 12.7. The van der Waals surface area contributed by atoms with Crippen LogP contribution >= 0.6 is 27.7 Å². The van der Waals surface area contributed by atoms with Crippen molar-refractivity contribution in [3.63, 3.8) is 0 Å². The van der Waals surface area contributed by atoms with E-state index in [0.29, 0.717) is 36.3 Å². The lowest BCUT2D eigenvalue weighted by Crippen LogP contribution is -2.46. The summed E-state index contributed by atoms with van der Waals surface area (Å²) in [6.45, 7) is 0.833. The number of ether oxygens (including phenoxy) is 3. The van der Waals surface area contributed by atoms with E-state index in [-0.39, 0.29) is 28.9 Å². The molecule has 1 aromatic rings. The van der Waals surface area contributed by atoms with Crippen molar-refractivity contribution in [1.29, 1.82) is 0 Å². The highest BCUT2D eigenvalue weighted by molar-refractivity contribution is 9.10. The average Bonchev–Trinajstić information content (AvgIpc) is 3.01. The summed E-state index contributed by atoms with van der Waals surface area (Å²) in [7, 11) is 1.39. The zero-order chi connectivity index (χ0) is 22.5. The topological polar surface area (TPSA) is 123 Å². The quantitative estimate of drug-likeness (QED) is 0.542. The number of thioether (sulfide) groups is 1. The molecule has 0 radical (unpaired) electrons. The van der Waals surface area contributed by atoms with Crippen molar-refractivity contribution in [1.82, 2.24) is 9.80 Å². The Morgan fingerprint density at radius 3 is 2.61 bits per heavy atom. The van der Waals surface area contributed by atoms with Gasteiger partial charge in [0.1, 0.15) is 6.54 Å². The second kappa shape index (κ2) is 10.2. The first-order valence-electron chi connectivity index (χ1n) is 9.13. The molecule has 0 bridgehead atoms. The Bertz CT molecular complexity index is 945. The van der Waals surface area contributed by atoms with Crippen LogP contribution in [0.5, 0.6) is 11.5 Å². The predicted octanol–water partition coefficient (Wildman–Crippen LogP) is 1.82. The second-order valence-corrected chi connectivity index (χ2v) is 8.32. The SMILES string of the molecule is COc1cc(/C=C2/SC(=O)N(CC(=O)N3CCOCC3)C2=O)c(Br)cc1OCC(=O)O. The van der Waals surface area contributed by atoms with Gasteiger partial charge in [-0.2, -0.15) is 0 Å². The number of amides is 3. The van der Waals surface area contributed by atoms with E-state index in [0.717, 1.165) is 16.7 Å². The monoisotopic (exact) mass is 514 g/mol. The molecular formula is C19H19BrN2O8S. The largest absolute Gasteiger partial charge is 0.493 e. The van der Waals surface area contributed by atoms with Crippen molar-refractivity contribution < 1.29 is 38.5 Å². The third kappa shape index (κ3) is 5.57. The van der Waals surface area contributed by atoms with Crippen molar-refractivity contribution in [2.45, 2.75) is 0 Å². The third-order valence-electron chi connectivity index (χ3n) is 4.45. The van der Waals surface area contributed by atoms with E-state index >= 15 is 0 Å². The van der Waals surface area contributed by atoms with Crippen molar-refractivity contribution in [3.8, 4) is 11.5 Å². The van der Waals surface area contributed by atoms with E-state index in [1.54, 1.807) is 11.0 Å². The molecule has 0 atom stereocenters. The zero-order valence-electron chi connectivity index (χ0n) is 16.5. The normalized spacial score (nSPS) is 17.9. The number of benzene rings is 1. The summed E-state index contributed by atoms with van der Waals surface area (Å²) in [5.74, 6) is -1.54. The van der Waals surface area contributed by atoms with Crippen LogP contribution in [0.3, 0.4) is 0 Å². The summed E-state index contributed by atoms with van der Waals surface area (Å²) in [6.07, 6.45) is 1.50. The number of halogens is 1. The minimum Gasteiger partial charge on any atom is -0.493 e. The van der Waals surface area contributed by atoms with Crippen molar-refractivity contribution >= 4 is 56.8 Å². The molecule has 1 N–H and O–H groups in total. The fraction of sp³-hybridized carbons (Fsp3) is 0.368. The van der Waals surface area contributed by atoms with E-state index in [9.17, 15) is 19.2 Å². The van der Waals surface area contributed by atoms with Gasteiger partial charge in [0.25, 0.3) is 11.1 Å². The number of hydrogen-bond acceptors (Lipinski definition) is 8. The summed E-state index contributed by atoms with van der Waals surface area (Å²) >= 11 is 4.09. The molecule has 2 aliphatic heterocycles. The van der Waals surface area contributed by atoms with Crippen LogP contribution in [0, 0.1) is 0 Å². The maximum atomic E-state index is 12.7. The Balaban J connectivity index is 1.77. The number of hydrogen-bond donors (Lipinski definition) is 1. The fourth-order valence-electron chi connectivity index (χ4n) is 2.90. The predicted molar refractivity (Wildman–Crippen MR) is 114 cm³/mol. The standard InChI is InChI=1S/C19H19BrN2O8S/c1-28-13-6-11(12(20)8-14(13)30-10-17(24)25)7-15-18(26)22(19(27)31-15)9-16(23)21-2-4-29-5-3-21/h6-8H,2-5,9-10H2,1H3,(H,24,25)/b15-7+. The molecule has 166 valence electrons. The molecule has 10 nitrogen and oxygen atoms in total. The Hall–Kier alpha value is -2.57. The summed E-state index contributed by atoms with van der Waals surface area (Å²) in [5.41, 5.74) is 0.518. The van der Waals surface area contributed by atoms with Gasteiger partial charge in [0, 0.05) is 17.6 Å². The molecule has 0 aromatic heterocycles. The van der Waals surface area contributed by atoms with Gasteiger partial charge in [-0.1, -0.05) is 15.9 Å². The van der Waals surface area contributed by atoms with Crippen molar-refractivity contribution in [2.24, 2.45) is 0 Å². The lowest BCUT2D eigenvalue weighted by atomic mass is 10.2. The van der Waals surface area contributed by atoms with Crippen molar-refractivity contribution in [3.05, 3.63) is 27.1 Å². The molecule has 2 heterocycles. The van der Waals surface area contributed by atoms with Gasteiger partial charge in [-0.3, -0.25) is 19.3 Å². The number of carboxylic acid groups (broad SMARTS) is 1. The van der Waals surface area contributed by atoms with Gasteiger partial charge in [-0.15, -0.1) is 0 Å². The van der Waals surface area contributed by atoms with Crippen LogP contribution in [0.4, 0.5) is 4.79 Å². The number of carbonyl (C=O) groups is 4. The Labute approximate surface area is 190 Å². The van der Waals surface area contributed by atoms with Crippen LogP contribution in [0.15, 0.2) is 21.5 Å². The molecule has 3 amide bonds. The minimum atomic E-state index is -1.14. The molecule has 0 spiro atoms. The highest BCUT2D eigenvalue weighted by atomic mass is 79.9. The molecular weight excluding hydrogens is 496 g/mol. The zero-order valence-corrected chi connectivity index (χ0v) is 18.9. The fourth-order valence-corrected chi connectivity index (χ4v) is 4.16. The van der Waals surface area contributed by atoms with Gasteiger partial charge < -0.3 is 24.2 Å². The van der Waals surface area contributed by atoms with Crippen LogP contribution < -0.4 is 9.47 Å².